The molecular weight excluding hydrogens is 176 g/mol. The average Bonchev–Trinajstić information content (AvgIpc) is 2.74. The van der Waals surface area contributed by atoms with Crippen molar-refractivity contribution in [3.8, 4) is 0 Å². The summed E-state index contributed by atoms with van der Waals surface area (Å²) in [6.07, 6.45) is 8.91. The van der Waals surface area contributed by atoms with Gasteiger partial charge in [0.1, 0.15) is 0 Å². The van der Waals surface area contributed by atoms with E-state index >= 15 is 0 Å². The monoisotopic (exact) mass is 192 g/mol. The van der Waals surface area contributed by atoms with E-state index in [1.54, 1.807) is 4.88 Å². The van der Waals surface area contributed by atoms with Crippen LogP contribution in [0.2, 0.25) is 0 Å². The third-order valence-corrected chi connectivity index (χ3v) is 5.25. The zero-order chi connectivity index (χ0) is 8.73. The summed E-state index contributed by atoms with van der Waals surface area (Å²) in [5.74, 6) is 1.09. The van der Waals surface area contributed by atoms with Crippen LogP contribution in [0.3, 0.4) is 0 Å². The van der Waals surface area contributed by atoms with Gasteiger partial charge in [-0.25, -0.2) is 0 Å². The summed E-state index contributed by atoms with van der Waals surface area (Å²) in [6.45, 7) is 0. The summed E-state index contributed by atoms with van der Waals surface area (Å²) in [4.78, 5) is 1.67. The second-order valence-electron chi connectivity index (χ2n) is 4.74. The summed E-state index contributed by atoms with van der Waals surface area (Å²) in [5.41, 5.74) is 0.628. The fourth-order valence-corrected chi connectivity index (χ4v) is 4.22. The minimum atomic E-state index is 0.628. The second-order valence-corrected chi connectivity index (χ2v) is 5.69. The number of hydrogen-bond donors (Lipinski definition) is 0. The topological polar surface area (TPSA) is 0 Å². The van der Waals surface area contributed by atoms with Crippen molar-refractivity contribution >= 4 is 11.3 Å². The van der Waals surface area contributed by atoms with E-state index in [2.05, 4.69) is 17.5 Å². The molecule has 1 aromatic heterocycles. The van der Waals surface area contributed by atoms with Crippen molar-refractivity contribution in [3.63, 3.8) is 0 Å². The SMILES string of the molecule is c1csc(C23CCC(CC2)CC3)c1. The molecule has 2 bridgehead atoms. The van der Waals surface area contributed by atoms with E-state index in [9.17, 15) is 0 Å². The molecule has 13 heavy (non-hydrogen) atoms. The van der Waals surface area contributed by atoms with Crippen LogP contribution in [0.5, 0.6) is 0 Å². The first-order valence-corrected chi connectivity index (χ1v) is 6.31. The molecule has 3 fully saturated rings. The Morgan fingerprint density at radius 3 is 2.38 bits per heavy atom. The van der Waals surface area contributed by atoms with Crippen molar-refractivity contribution < 1.29 is 0 Å². The molecule has 0 saturated heterocycles. The minimum absolute atomic E-state index is 0.628. The lowest BCUT2D eigenvalue weighted by Crippen LogP contribution is -2.36. The predicted molar refractivity (Wildman–Crippen MR) is 57.2 cm³/mol. The van der Waals surface area contributed by atoms with Crippen LogP contribution >= 0.6 is 11.3 Å². The Bertz CT molecular complexity index is 264. The number of fused-ring (bicyclic) bond motifs is 3. The van der Waals surface area contributed by atoms with Crippen molar-refractivity contribution in [3.05, 3.63) is 22.4 Å². The Hall–Kier alpha value is -0.300. The Balaban J connectivity index is 1.95. The number of hydrogen-bond acceptors (Lipinski definition) is 1. The highest BCUT2D eigenvalue weighted by atomic mass is 32.1. The van der Waals surface area contributed by atoms with Crippen LogP contribution in [0.1, 0.15) is 43.4 Å². The zero-order valence-electron chi connectivity index (χ0n) is 7.96. The molecule has 0 radical (unpaired) electrons. The fraction of sp³-hybridized carbons (Fsp3) is 0.667. The lowest BCUT2D eigenvalue weighted by Gasteiger charge is -2.46. The first-order chi connectivity index (χ1) is 6.39. The van der Waals surface area contributed by atoms with Gasteiger partial charge in [0.2, 0.25) is 0 Å². The van der Waals surface area contributed by atoms with Crippen molar-refractivity contribution in [2.75, 3.05) is 0 Å². The first-order valence-electron chi connectivity index (χ1n) is 5.43. The molecule has 4 rings (SSSR count). The fourth-order valence-electron chi connectivity index (χ4n) is 3.20. The Morgan fingerprint density at radius 1 is 1.15 bits per heavy atom. The maximum atomic E-state index is 2.36. The smallest absolute Gasteiger partial charge is 0.0107 e. The Kier molecular flexibility index (Phi) is 1.76. The van der Waals surface area contributed by atoms with Gasteiger partial charge >= 0.3 is 0 Å². The molecular formula is C12H16S. The normalized spacial score (nSPS) is 38.0. The average molecular weight is 192 g/mol. The van der Waals surface area contributed by atoms with Gasteiger partial charge in [-0.3, -0.25) is 0 Å². The van der Waals surface area contributed by atoms with Crippen LogP contribution in [0, 0.1) is 5.92 Å². The van der Waals surface area contributed by atoms with E-state index in [4.69, 9.17) is 0 Å². The molecule has 0 aliphatic heterocycles. The number of rotatable bonds is 1. The third-order valence-electron chi connectivity index (χ3n) is 4.14. The van der Waals surface area contributed by atoms with Gasteiger partial charge in [-0.05, 0) is 55.9 Å². The van der Waals surface area contributed by atoms with Crippen LogP contribution in [0.15, 0.2) is 17.5 Å². The lowest BCUT2D eigenvalue weighted by atomic mass is 9.60. The molecule has 70 valence electrons. The zero-order valence-corrected chi connectivity index (χ0v) is 8.78. The largest absolute Gasteiger partial charge is 0.148 e. The molecule has 3 aliphatic carbocycles. The Labute approximate surface area is 84.0 Å². The van der Waals surface area contributed by atoms with Gasteiger partial charge < -0.3 is 0 Å². The summed E-state index contributed by atoms with van der Waals surface area (Å²) < 4.78 is 0. The minimum Gasteiger partial charge on any atom is -0.148 e. The molecule has 0 unspecified atom stereocenters. The van der Waals surface area contributed by atoms with Gasteiger partial charge in [-0.1, -0.05) is 6.07 Å². The molecule has 1 heteroatoms. The second kappa shape index (κ2) is 2.84. The highest BCUT2D eigenvalue weighted by Crippen LogP contribution is 2.52. The molecule has 0 nitrogen and oxygen atoms in total. The molecule has 0 aromatic carbocycles. The molecule has 0 atom stereocenters. The molecule has 3 saturated carbocycles. The van der Waals surface area contributed by atoms with Crippen molar-refractivity contribution in [2.24, 2.45) is 5.92 Å². The van der Waals surface area contributed by atoms with Gasteiger partial charge in [0.15, 0.2) is 0 Å². The highest BCUT2D eigenvalue weighted by Gasteiger charge is 2.41. The standard InChI is InChI=1S/C12H16S/c1-2-11(13-9-1)12-6-3-10(4-7-12)5-8-12/h1-2,9-10H,3-8H2. The van der Waals surface area contributed by atoms with Crippen molar-refractivity contribution in [1.29, 1.82) is 0 Å². The predicted octanol–water partition coefficient (Wildman–Crippen LogP) is 3.97. The van der Waals surface area contributed by atoms with Crippen LogP contribution in [-0.4, -0.2) is 0 Å². The summed E-state index contributed by atoms with van der Waals surface area (Å²) >= 11 is 1.98. The third kappa shape index (κ3) is 1.17. The summed E-state index contributed by atoms with van der Waals surface area (Å²) in [5, 5.41) is 2.24. The van der Waals surface area contributed by atoms with Crippen molar-refractivity contribution in [2.45, 2.75) is 43.9 Å². The summed E-state index contributed by atoms with van der Waals surface area (Å²) in [7, 11) is 0. The molecule has 0 spiro atoms. The van der Waals surface area contributed by atoms with Gasteiger partial charge in [0.05, 0.1) is 0 Å². The lowest BCUT2D eigenvalue weighted by molar-refractivity contribution is 0.139. The molecule has 0 amide bonds. The maximum absolute atomic E-state index is 2.36. The summed E-state index contributed by atoms with van der Waals surface area (Å²) in [6, 6.07) is 4.58. The van der Waals surface area contributed by atoms with Crippen molar-refractivity contribution in [1.82, 2.24) is 0 Å². The van der Waals surface area contributed by atoms with Gasteiger partial charge in [-0.15, -0.1) is 11.3 Å². The van der Waals surface area contributed by atoms with Crippen LogP contribution < -0.4 is 0 Å². The molecule has 1 heterocycles. The van der Waals surface area contributed by atoms with Crippen LogP contribution in [0.25, 0.3) is 0 Å². The van der Waals surface area contributed by atoms with E-state index in [1.165, 1.54) is 38.5 Å². The van der Waals surface area contributed by atoms with Crippen LogP contribution in [-0.2, 0) is 5.41 Å². The van der Waals surface area contributed by atoms with E-state index in [1.807, 2.05) is 11.3 Å². The van der Waals surface area contributed by atoms with Crippen LogP contribution in [0.4, 0.5) is 0 Å². The van der Waals surface area contributed by atoms with Gasteiger partial charge in [-0.2, -0.15) is 0 Å². The highest BCUT2D eigenvalue weighted by molar-refractivity contribution is 7.10. The van der Waals surface area contributed by atoms with Gasteiger partial charge in [0.25, 0.3) is 0 Å². The van der Waals surface area contributed by atoms with E-state index in [0.717, 1.165) is 5.92 Å². The van der Waals surface area contributed by atoms with E-state index < -0.39 is 0 Å². The quantitative estimate of drug-likeness (QED) is 0.631. The maximum Gasteiger partial charge on any atom is 0.0107 e. The van der Waals surface area contributed by atoms with E-state index in [0.29, 0.717) is 5.41 Å². The molecule has 1 aromatic rings. The van der Waals surface area contributed by atoms with Gasteiger partial charge in [0, 0.05) is 10.3 Å². The Morgan fingerprint density at radius 2 is 1.85 bits per heavy atom. The molecule has 3 aliphatic rings. The number of thiophene rings is 1. The van der Waals surface area contributed by atoms with E-state index in [-0.39, 0.29) is 0 Å². The molecule has 0 N–H and O–H groups in total. The first kappa shape index (κ1) is 8.05.